The monoisotopic (exact) mass is 254 g/mol. The molecule has 0 aromatic carbocycles. The van der Waals surface area contributed by atoms with Gasteiger partial charge in [-0.3, -0.25) is 9.36 Å². The molecule has 0 fully saturated rings. The Labute approximate surface area is 95.1 Å². The Bertz CT molecular complexity index is 276. The van der Waals surface area contributed by atoms with E-state index in [-0.39, 0.29) is 11.9 Å². The highest BCUT2D eigenvalue weighted by Gasteiger charge is 2.24. The van der Waals surface area contributed by atoms with E-state index >= 15 is 0 Å². The minimum absolute atomic E-state index is 0.156. The zero-order valence-electron chi connectivity index (χ0n) is 9.16. The van der Waals surface area contributed by atoms with Crippen molar-refractivity contribution in [2.45, 2.75) is 19.8 Å². The summed E-state index contributed by atoms with van der Waals surface area (Å²) in [5.74, 6) is -0.156. The smallest absolute Gasteiger partial charge is 0.312 e. The maximum atomic E-state index is 11.6. The predicted octanol–water partition coefficient (Wildman–Crippen LogP) is 2.96. The summed E-state index contributed by atoms with van der Waals surface area (Å²) in [5.41, 5.74) is 0. The molecule has 0 radical (unpaired) electrons. The number of allylic oxidation sites excluding steroid dienone is 2. The first-order chi connectivity index (χ1) is 6.93. The van der Waals surface area contributed by atoms with Gasteiger partial charge in [0.05, 0.1) is 0 Å². The van der Waals surface area contributed by atoms with Gasteiger partial charge >= 0.3 is 7.60 Å². The number of hydrogen-bond donors (Lipinski definition) is 0. The second-order valence-corrected chi connectivity index (χ2v) is 5.87. The molecule has 0 aliphatic heterocycles. The average Bonchev–Trinajstić information content (AvgIpc) is 2.17. The van der Waals surface area contributed by atoms with Crippen molar-refractivity contribution in [1.82, 2.24) is 0 Å². The molecule has 0 saturated carbocycles. The van der Waals surface area contributed by atoms with Crippen LogP contribution in [0.5, 0.6) is 0 Å². The van der Waals surface area contributed by atoms with Crippen LogP contribution in [0.15, 0.2) is 11.1 Å². The van der Waals surface area contributed by atoms with E-state index in [0.717, 1.165) is 0 Å². The average molecular weight is 255 g/mol. The third-order valence-electron chi connectivity index (χ3n) is 1.78. The maximum Gasteiger partial charge on any atom is 0.337 e. The van der Waals surface area contributed by atoms with E-state index in [9.17, 15) is 9.36 Å². The van der Waals surface area contributed by atoms with Crippen molar-refractivity contribution in [2.24, 2.45) is 0 Å². The normalized spacial score (nSPS) is 12.9. The van der Waals surface area contributed by atoms with Gasteiger partial charge in [0.15, 0.2) is 0 Å². The fourth-order valence-electron chi connectivity index (χ4n) is 0.931. The summed E-state index contributed by atoms with van der Waals surface area (Å²) in [5, 5.41) is 0.643. The lowest BCUT2D eigenvalue weighted by molar-refractivity contribution is -0.116. The molecule has 15 heavy (non-hydrogen) atoms. The predicted molar refractivity (Wildman–Crippen MR) is 60.3 cm³/mol. The van der Waals surface area contributed by atoms with E-state index in [1.165, 1.54) is 14.2 Å². The molecule has 0 amide bonds. The van der Waals surface area contributed by atoms with Gasteiger partial charge in [-0.2, -0.15) is 0 Å². The van der Waals surface area contributed by atoms with E-state index in [2.05, 4.69) is 9.05 Å². The summed E-state index contributed by atoms with van der Waals surface area (Å²) in [7, 11) is -0.676. The Hall–Kier alpha value is -0.150. The molecular weight excluding hydrogens is 239 g/mol. The summed E-state index contributed by atoms with van der Waals surface area (Å²) < 4.78 is 20.9. The number of hydrogen-bond acceptors (Lipinski definition) is 4. The number of halogens is 1. The Morgan fingerprint density at radius 1 is 1.40 bits per heavy atom. The second-order valence-electron chi connectivity index (χ2n) is 3.00. The van der Waals surface area contributed by atoms with Gasteiger partial charge in [-0.1, -0.05) is 17.7 Å². The molecule has 0 aromatic heterocycles. The van der Waals surface area contributed by atoms with Crippen molar-refractivity contribution in [3.05, 3.63) is 11.1 Å². The van der Waals surface area contributed by atoms with Crippen LogP contribution in [0, 0.1) is 0 Å². The van der Waals surface area contributed by atoms with Gasteiger partial charge < -0.3 is 9.05 Å². The molecular formula is C9H16ClO4P. The summed E-state index contributed by atoms with van der Waals surface area (Å²) in [6.07, 6.45) is 2.39. The number of ketones is 1. The van der Waals surface area contributed by atoms with Gasteiger partial charge in [0, 0.05) is 25.7 Å². The van der Waals surface area contributed by atoms with Crippen molar-refractivity contribution >= 4 is 25.0 Å². The Morgan fingerprint density at radius 3 is 2.33 bits per heavy atom. The molecule has 0 bridgehead atoms. The van der Waals surface area contributed by atoms with E-state index in [4.69, 9.17) is 11.6 Å². The Balaban J connectivity index is 4.04. The highest BCUT2D eigenvalue weighted by atomic mass is 35.5. The van der Waals surface area contributed by atoms with E-state index in [1.54, 1.807) is 13.0 Å². The molecule has 88 valence electrons. The highest BCUT2D eigenvalue weighted by Crippen LogP contribution is 2.46. The lowest BCUT2D eigenvalue weighted by Gasteiger charge is -2.11. The molecule has 4 nitrogen and oxygen atoms in total. The first kappa shape index (κ1) is 14.8. The van der Waals surface area contributed by atoms with Crippen LogP contribution in [0.25, 0.3) is 0 Å². The molecule has 0 rings (SSSR count). The zero-order chi connectivity index (χ0) is 11.9. The first-order valence-corrected chi connectivity index (χ1v) is 6.58. The van der Waals surface area contributed by atoms with E-state index < -0.39 is 7.60 Å². The van der Waals surface area contributed by atoms with Crippen LogP contribution in [-0.2, 0) is 18.4 Å². The van der Waals surface area contributed by atoms with Crippen LogP contribution in [0.4, 0.5) is 0 Å². The molecule has 0 heterocycles. The molecule has 0 unspecified atom stereocenters. The molecule has 0 spiro atoms. The van der Waals surface area contributed by atoms with Gasteiger partial charge in [0.25, 0.3) is 0 Å². The number of rotatable bonds is 7. The topological polar surface area (TPSA) is 52.6 Å². The quantitative estimate of drug-likeness (QED) is 0.656. The lowest BCUT2D eigenvalue weighted by Crippen LogP contribution is -2.07. The highest BCUT2D eigenvalue weighted by molar-refractivity contribution is 7.54. The van der Waals surface area contributed by atoms with E-state index in [0.29, 0.717) is 17.9 Å². The third-order valence-corrected chi connectivity index (χ3v) is 3.78. The van der Waals surface area contributed by atoms with Gasteiger partial charge in [-0.05, 0) is 13.3 Å². The molecule has 0 aromatic rings. The summed E-state index contributed by atoms with van der Waals surface area (Å²) in [6, 6.07) is 0. The molecule has 6 heteroatoms. The Kier molecular flexibility index (Phi) is 7.11. The number of carbonyl (C=O) groups excluding carboxylic acids is 1. The third kappa shape index (κ3) is 6.85. The van der Waals surface area contributed by atoms with Crippen LogP contribution in [0.2, 0.25) is 0 Å². The van der Waals surface area contributed by atoms with Crippen molar-refractivity contribution in [2.75, 3.05) is 20.4 Å². The van der Waals surface area contributed by atoms with Crippen LogP contribution < -0.4 is 0 Å². The van der Waals surface area contributed by atoms with Crippen molar-refractivity contribution < 1.29 is 18.4 Å². The molecule has 0 atom stereocenters. The molecule has 0 aliphatic rings. The largest absolute Gasteiger partial charge is 0.337 e. The van der Waals surface area contributed by atoms with Gasteiger partial charge in [-0.15, -0.1) is 0 Å². The van der Waals surface area contributed by atoms with Crippen molar-refractivity contribution in [1.29, 1.82) is 0 Å². The summed E-state index contributed by atoms with van der Waals surface area (Å²) in [6.45, 7) is 1.74. The van der Waals surface area contributed by atoms with Crippen LogP contribution in [0.3, 0.4) is 0 Å². The molecule has 0 N–H and O–H groups in total. The van der Waals surface area contributed by atoms with Gasteiger partial charge in [0.1, 0.15) is 11.9 Å². The lowest BCUT2D eigenvalue weighted by atomic mass is 10.2. The minimum atomic E-state index is -3.20. The number of Topliss-reactive ketones (excluding diaryl/α,β-unsaturated/α-hetero) is 1. The summed E-state index contributed by atoms with van der Waals surface area (Å²) in [4.78, 5) is 11.4. The summed E-state index contributed by atoms with van der Waals surface area (Å²) >= 11 is 5.59. The molecule has 0 saturated heterocycles. The van der Waals surface area contributed by atoms with E-state index in [1.807, 2.05) is 0 Å². The fraction of sp³-hybridized carbons (Fsp3) is 0.667. The SMILES string of the molecule is COP(=O)(CC(=O)CCC=C(C)Cl)OC. The van der Waals surface area contributed by atoms with Crippen molar-refractivity contribution in [3.63, 3.8) is 0 Å². The molecule has 0 aliphatic carbocycles. The number of carbonyl (C=O) groups is 1. The zero-order valence-corrected chi connectivity index (χ0v) is 10.8. The van der Waals surface area contributed by atoms with Crippen LogP contribution in [0.1, 0.15) is 19.8 Å². The van der Waals surface area contributed by atoms with Gasteiger partial charge in [-0.25, -0.2) is 0 Å². The second kappa shape index (κ2) is 7.18. The van der Waals surface area contributed by atoms with Crippen LogP contribution in [-0.4, -0.2) is 26.2 Å². The maximum absolute atomic E-state index is 11.6. The fourth-order valence-corrected chi connectivity index (χ4v) is 2.04. The minimum Gasteiger partial charge on any atom is -0.312 e. The first-order valence-electron chi connectivity index (χ1n) is 4.48. The Morgan fingerprint density at radius 2 is 1.93 bits per heavy atom. The van der Waals surface area contributed by atoms with Gasteiger partial charge in [0.2, 0.25) is 0 Å². The van der Waals surface area contributed by atoms with Crippen molar-refractivity contribution in [3.8, 4) is 0 Å². The standard InChI is InChI=1S/C9H16ClO4P/c1-8(10)5-4-6-9(11)7-15(12,13-2)14-3/h5H,4,6-7H2,1-3H3. The van der Waals surface area contributed by atoms with Crippen LogP contribution >= 0.6 is 19.2 Å².